The molecule has 0 aliphatic carbocycles. The van der Waals surface area contributed by atoms with E-state index in [-0.39, 0.29) is 22.2 Å². The van der Waals surface area contributed by atoms with Gasteiger partial charge in [0.2, 0.25) is 0 Å². The van der Waals surface area contributed by atoms with Gasteiger partial charge in [-0.1, -0.05) is 37.3 Å². The van der Waals surface area contributed by atoms with Gasteiger partial charge in [0.15, 0.2) is 5.13 Å². The largest absolute Gasteiger partial charge is 0.487 e. The number of benzene rings is 2. The molecule has 4 rings (SSSR count). The first-order valence-corrected chi connectivity index (χ1v) is 10.9. The monoisotopic (exact) mass is 470 g/mol. The van der Waals surface area contributed by atoms with E-state index in [2.05, 4.69) is 24.1 Å². The average Bonchev–Trinajstić information content (AvgIpc) is 3.18. The highest BCUT2D eigenvalue weighted by atomic mass is 32.1. The molecule has 0 saturated heterocycles. The van der Waals surface area contributed by atoms with Gasteiger partial charge in [-0.05, 0) is 42.7 Å². The molecule has 2 N–H and O–H groups in total. The first-order chi connectivity index (χ1) is 15.7. The standard InChI is InChI=1S/C24H20F2N2O4S/c1-11(2)14-5-4-6-15-20-19(10-32-21(14)15)33-24(27-20)28-22(29)13-8-17(25)16(18(26)9-13)7-12(3)23(30)31/h4-9,11H,10H2,1-3H3,(H,30,31)(H,27,28,29)/b12-7+. The van der Waals surface area contributed by atoms with Gasteiger partial charge in [0.1, 0.15) is 24.0 Å². The number of fused-ring (bicyclic) bond motifs is 3. The van der Waals surface area contributed by atoms with E-state index in [4.69, 9.17) is 9.84 Å². The second-order valence-electron chi connectivity index (χ2n) is 7.90. The minimum absolute atomic E-state index is 0.235. The quantitative estimate of drug-likeness (QED) is 0.457. The lowest BCUT2D eigenvalue weighted by Crippen LogP contribution is -2.13. The number of nitrogens with zero attached hydrogens (tertiary/aromatic N) is 1. The molecule has 0 radical (unpaired) electrons. The number of amides is 1. The molecule has 1 aromatic heterocycles. The first kappa shape index (κ1) is 22.6. The molecule has 1 amide bonds. The Kier molecular flexibility index (Phi) is 5.99. The predicted octanol–water partition coefficient (Wildman–Crippen LogP) is 5.84. The van der Waals surface area contributed by atoms with Gasteiger partial charge >= 0.3 is 5.97 Å². The third-order valence-corrected chi connectivity index (χ3v) is 6.17. The molecule has 1 aliphatic rings. The Balaban J connectivity index is 1.61. The molecule has 0 fully saturated rings. The Labute approximate surface area is 192 Å². The molecular formula is C24H20F2N2O4S. The van der Waals surface area contributed by atoms with Crippen LogP contribution in [-0.2, 0) is 11.4 Å². The molecule has 6 nitrogen and oxygen atoms in total. The number of para-hydroxylation sites is 1. The minimum atomic E-state index is -1.30. The van der Waals surface area contributed by atoms with Crippen LogP contribution in [0.2, 0.25) is 0 Å². The number of carboxylic acid groups (broad SMARTS) is 1. The van der Waals surface area contributed by atoms with Crippen molar-refractivity contribution in [1.82, 2.24) is 4.98 Å². The summed E-state index contributed by atoms with van der Waals surface area (Å²) in [5.74, 6) is -3.07. The van der Waals surface area contributed by atoms with Crippen LogP contribution < -0.4 is 10.1 Å². The van der Waals surface area contributed by atoms with E-state index >= 15 is 0 Å². The summed E-state index contributed by atoms with van der Waals surface area (Å²) < 4.78 is 34.8. The van der Waals surface area contributed by atoms with Gasteiger partial charge in [-0.25, -0.2) is 18.6 Å². The molecule has 0 unspecified atom stereocenters. The Morgan fingerprint density at radius 2 is 1.94 bits per heavy atom. The van der Waals surface area contributed by atoms with Crippen LogP contribution in [0.3, 0.4) is 0 Å². The van der Waals surface area contributed by atoms with Crippen molar-refractivity contribution in [2.24, 2.45) is 0 Å². The van der Waals surface area contributed by atoms with Gasteiger partial charge in [0, 0.05) is 22.3 Å². The Hall–Kier alpha value is -3.59. The van der Waals surface area contributed by atoms with Crippen LogP contribution in [0.4, 0.5) is 13.9 Å². The SMILES string of the molecule is C/C(=C\c1c(F)cc(C(=O)Nc2nc3c(s2)COc2c-3cccc2C(C)C)cc1F)C(=O)O. The summed E-state index contributed by atoms with van der Waals surface area (Å²) in [6.07, 6.45) is 0.881. The Morgan fingerprint density at radius 3 is 2.58 bits per heavy atom. The number of hydrogen-bond acceptors (Lipinski definition) is 5. The maximum Gasteiger partial charge on any atom is 0.331 e. The molecule has 0 atom stereocenters. The maximum atomic E-state index is 14.4. The molecule has 0 bridgehead atoms. The zero-order valence-electron chi connectivity index (χ0n) is 18.0. The number of carboxylic acids is 1. The van der Waals surface area contributed by atoms with E-state index in [1.54, 1.807) is 0 Å². The fraction of sp³-hybridized carbons (Fsp3) is 0.208. The number of anilines is 1. The molecule has 170 valence electrons. The fourth-order valence-electron chi connectivity index (χ4n) is 3.51. The molecule has 0 saturated carbocycles. The molecular weight excluding hydrogens is 450 g/mol. The van der Waals surface area contributed by atoms with E-state index in [0.717, 1.165) is 40.0 Å². The lowest BCUT2D eigenvalue weighted by Gasteiger charge is -2.21. The number of aliphatic carboxylic acids is 1. The van der Waals surface area contributed by atoms with Crippen LogP contribution >= 0.6 is 11.3 Å². The second kappa shape index (κ2) is 8.74. The fourth-order valence-corrected chi connectivity index (χ4v) is 4.39. The van der Waals surface area contributed by atoms with Crippen molar-refractivity contribution in [3.05, 3.63) is 69.1 Å². The topological polar surface area (TPSA) is 88.5 Å². The van der Waals surface area contributed by atoms with Crippen molar-refractivity contribution in [2.75, 3.05) is 5.32 Å². The second-order valence-corrected chi connectivity index (χ2v) is 8.98. The molecule has 0 spiro atoms. The number of nitrogens with one attached hydrogen (secondary N) is 1. The van der Waals surface area contributed by atoms with Gasteiger partial charge in [-0.15, -0.1) is 0 Å². The highest BCUT2D eigenvalue weighted by Crippen LogP contribution is 2.44. The van der Waals surface area contributed by atoms with Crippen LogP contribution in [0.1, 0.15) is 53.1 Å². The van der Waals surface area contributed by atoms with E-state index in [9.17, 15) is 18.4 Å². The van der Waals surface area contributed by atoms with E-state index in [0.29, 0.717) is 12.3 Å². The maximum absolute atomic E-state index is 14.4. The lowest BCUT2D eigenvalue weighted by atomic mass is 9.96. The number of rotatable bonds is 5. The van der Waals surface area contributed by atoms with Gasteiger partial charge in [0.25, 0.3) is 5.91 Å². The summed E-state index contributed by atoms with van der Waals surface area (Å²) in [7, 11) is 0. The minimum Gasteiger partial charge on any atom is -0.487 e. The van der Waals surface area contributed by atoms with Crippen molar-refractivity contribution < 1.29 is 28.2 Å². The highest BCUT2D eigenvalue weighted by Gasteiger charge is 2.26. The van der Waals surface area contributed by atoms with Crippen LogP contribution in [0.25, 0.3) is 17.3 Å². The van der Waals surface area contributed by atoms with Crippen LogP contribution in [0.5, 0.6) is 5.75 Å². The number of hydrogen-bond donors (Lipinski definition) is 2. The van der Waals surface area contributed by atoms with Gasteiger partial charge in [-0.3, -0.25) is 10.1 Å². The Bertz CT molecular complexity index is 1290. The van der Waals surface area contributed by atoms with Crippen LogP contribution in [0.15, 0.2) is 35.9 Å². The van der Waals surface area contributed by atoms with Crippen LogP contribution in [0, 0.1) is 11.6 Å². The first-order valence-electron chi connectivity index (χ1n) is 10.1. The molecule has 1 aliphatic heterocycles. The Morgan fingerprint density at radius 1 is 1.24 bits per heavy atom. The lowest BCUT2D eigenvalue weighted by molar-refractivity contribution is -0.132. The van der Waals surface area contributed by atoms with Crippen molar-refractivity contribution in [3.63, 3.8) is 0 Å². The summed E-state index contributed by atoms with van der Waals surface area (Å²) >= 11 is 1.23. The van der Waals surface area contributed by atoms with E-state index in [1.807, 2.05) is 18.2 Å². The predicted molar refractivity (Wildman–Crippen MR) is 122 cm³/mol. The number of carbonyl (C=O) groups is 2. The third-order valence-electron chi connectivity index (χ3n) is 5.23. The van der Waals surface area contributed by atoms with Crippen molar-refractivity contribution in [2.45, 2.75) is 33.3 Å². The zero-order valence-corrected chi connectivity index (χ0v) is 18.8. The van der Waals surface area contributed by atoms with Gasteiger partial charge in [-0.2, -0.15) is 0 Å². The number of ether oxygens (including phenoxy) is 1. The van der Waals surface area contributed by atoms with Gasteiger partial charge in [0.05, 0.1) is 10.6 Å². The molecule has 33 heavy (non-hydrogen) atoms. The van der Waals surface area contributed by atoms with Crippen molar-refractivity contribution >= 4 is 34.4 Å². The summed E-state index contributed by atoms with van der Waals surface area (Å²) in [6, 6.07) is 7.56. The average molecular weight is 470 g/mol. The van der Waals surface area contributed by atoms with E-state index in [1.165, 1.54) is 18.3 Å². The normalized spacial score (nSPS) is 12.7. The number of halogens is 2. The number of carbonyl (C=O) groups excluding carboxylic acids is 1. The molecule has 9 heteroatoms. The summed E-state index contributed by atoms with van der Waals surface area (Å²) in [5, 5.41) is 11.8. The van der Waals surface area contributed by atoms with Crippen LogP contribution in [-0.4, -0.2) is 22.0 Å². The van der Waals surface area contributed by atoms with E-state index < -0.39 is 29.1 Å². The van der Waals surface area contributed by atoms with Crippen molar-refractivity contribution in [3.8, 4) is 17.0 Å². The molecule has 2 aromatic carbocycles. The van der Waals surface area contributed by atoms with Gasteiger partial charge < -0.3 is 9.84 Å². The summed E-state index contributed by atoms with van der Waals surface area (Å²) in [6.45, 7) is 5.68. The molecule has 2 heterocycles. The summed E-state index contributed by atoms with van der Waals surface area (Å²) in [5.41, 5.74) is 1.60. The number of thiazole rings is 1. The summed E-state index contributed by atoms with van der Waals surface area (Å²) in [4.78, 5) is 28.9. The molecule has 3 aromatic rings. The highest BCUT2D eigenvalue weighted by molar-refractivity contribution is 7.16. The van der Waals surface area contributed by atoms with Crippen molar-refractivity contribution in [1.29, 1.82) is 0 Å². The smallest absolute Gasteiger partial charge is 0.331 e. The third kappa shape index (κ3) is 4.36. The number of aromatic nitrogens is 1. The zero-order chi connectivity index (χ0) is 23.9.